The molecule has 0 spiro atoms. The molecule has 144 valence electrons. The Morgan fingerprint density at radius 1 is 1.15 bits per heavy atom. The summed E-state index contributed by atoms with van der Waals surface area (Å²) in [7, 11) is 0. The van der Waals surface area contributed by atoms with Gasteiger partial charge in [-0.05, 0) is 64.2 Å². The van der Waals surface area contributed by atoms with E-state index in [0.29, 0.717) is 17.8 Å². The number of anilines is 1. The third kappa shape index (κ3) is 5.04. The number of nitrogens with one attached hydrogen (secondary N) is 1. The molecule has 1 N–H and O–H groups in total. The third-order valence-corrected chi connectivity index (χ3v) is 5.22. The first-order chi connectivity index (χ1) is 12.4. The molecule has 5 nitrogen and oxygen atoms in total. The van der Waals surface area contributed by atoms with E-state index in [1.54, 1.807) is 13.8 Å². The number of ether oxygens (including phenoxy) is 1. The van der Waals surface area contributed by atoms with Crippen molar-refractivity contribution < 1.29 is 23.2 Å². The molecule has 1 amide bonds. The van der Waals surface area contributed by atoms with Crippen molar-refractivity contribution in [3.8, 4) is 0 Å². The molecule has 1 heterocycles. The number of likely N-dealkylation sites (N-methyl/N-ethyl adjacent to an activating group) is 1. The lowest BCUT2D eigenvalue weighted by molar-refractivity contribution is -0.918. The Bertz CT molecular complexity index is 653. The summed E-state index contributed by atoms with van der Waals surface area (Å²) in [5, 5.41) is 2.85. The molecule has 1 aliphatic rings. The van der Waals surface area contributed by atoms with Crippen molar-refractivity contribution in [3.63, 3.8) is 0 Å². The van der Waals surface area contributed by atoms with Gasteiger partial charge in [-0.2, -0.15) is 0 Å². The SMILES string of the molecule is CCOC(=O)c1cc(F)cc(C)c1NC(=O)C[N+]1(CC)CCCCCC1. The molecule has 0 saturated carbocycles. The summed E-state index contributed by atoms with van der Waals surface area (Å²) >= 11 is 0. The summed E-state index contributed by atoms with van der Waals surface area (Å²) < 4.78 is 19.5. The summed E-state index contributed by atoms with van der Waals surface area (Å²) in [5.41, 5.74) is 0.927. The van der Waals surface area contributed by atoms with Gasteiger partial charge < -0.3 is 14.5 Å². The maximum atomic E-state index is 13.8. The number of esters is 1. The molecule has 6 heteroatoms. The van der Waals surface area contributed by atoms with Crippen molar-refractivity contribution in [3.05, 3.63) is 29.1 Å². The molecular weight excluding hydrogens is 335 g/mol. The molecule has 2 rings (SSSR count). The Kier molecular flexibility index (Phi) is 7.14. The lowest BCUT2D eigenvalue weighted by Crippen LogP contribution is -2.52. The number of carbonyl (C=O) groups is 2. The van der Waals surface area contributed by atoms with Crippen LogP contribution >= 0.6 is 0 Å². The van der Waals surface area contributed by atoms with Crippen molar-refractivity contribution >= 4 is 17.6 Å². The Morgan fingerprint density at radius 2 is 1.81 bits per heavy atom. The number of likely N-dealkylation sites (tertiary alicyclic amines) is 1. The molecule has 0 unspecified atom stereocenters. The van der Waals surface area contributed by atoms with E-state index in [4.69, 9.17) is 4.74 Å². The summed E-state index contributed by atoms with van der Waals surface area (Å²) in [6, 6.07) is 2.44. The number of aryl methyl sites for hydroxylation is 1. The zero-order valence-electron chi connectivity index (χ0n) is 16.1. The van der Waals surface area contributed by atoms with Crippen molar-refractivity contribution in [2.45, 2.75) is 46.5 Å². The van der Waals surface area contributed by atoms with Gasteiger partial charge >= 0.3 is 5.97 Å². The number of halogens is 1. The van der Waals surface area contributed by atoms with Crippen LogP contribution < -0.4 is 5.32 Å². The summed E-state index contributed by atoms with van der Waals surface area (Å²) in [6.07, 6.45) is 4.69. The van der Waals surface area contributed by atoms with Gasteiger partial charge in [0.05, 0.1) is 37.5 Å². The number of carbonyl (C=O) groups excluding carboxylic acids is 2. The van der Waals surface area contributed by atoms with Crippen LogP contribution in [0.3, 0.4) is 0 Å². The number of amides is 1. The van der Waals surface area contributed by atoms with E-state index in [1.807, 2.05) is 0 Å². The lowest BCUT2D eigenvalue weighted by atomic mass is 10.1. The Hall–Kier alpha value is -1.95. The number of hydrogen-bond donors (Lipinski definition) is 1. The number of benzene rings is 1. The highest BCUT2D eigenvalue weighted by Crippen LogP contribution is 2.24. The number of hydrogen-bond acceptors (Lipinski definition) is 3. The quantitative estimate of drug-likeness (QED) is 0.618. The minimum atomic E-state index is -0.625. The van der Waals surface area contributed by atoms with E-state index in [0.717, 1.165) is 43.0 Å². The highest BCUT2D eigenvalue weighted by Gasteiger charge is 2.30. The molecule has 26 heavy (non-hydrogen) atoms. The fraction of sp³-hybridized carbons (Fsp3) is 0.600. The molecule has 0 aliphatic carbocycles. The van der Waals surface area contributed by atoms with Crippen molar-refractivity contribution in [2.75, 3.05) is 38.1 Å². The molecule has 0 radical (unpaired) electrons. The van der Waals surface area contributed by atoms with Crippen molar-refractivity contribution in [1.82, 2.24) is 0 Å². The minimum Gasteiger partial charge on any atom is -0.462 e. The molecule has 1 saturated heterocycles. The van der Waals surface area contributed by atoms with Gasteiger partial charge in [-0.3, -0.25) is 4.79 Å². The third-order valence-electron chi connectivity index (χ3n) is 5.22. The smallest absolute Gasteiger partial charge is 0.340 e. The molecule has 0 aromatic heterocycles. The predicted octanol–water partition coefficient (Wildman–Crippen LogP) is 3.66. The average molecular weight is 365 g/mol. The van der Waals surface area contributed by atoms with Crippen LogP contribution in [0.4, 0.5) is 10.1 Å². The molecule has 1 aliphatic heterocycles. The van der Waals surface area contributed by atoms with Gasteiger partial charge in [0.25, 0.3) is 5.91 Å². The highest BCUT2D eigenvalue weighted by molar-refractivity contribution is 6.02. The average Bonchev–Trinajstić information content (AvgIpc) is 2.83. The van der Waals surface area contributed by atoms with Crippen LogP contribution in [0.25, 0.3) is 0 Å². The van der Waals surface area contributed by atoms with Gasteiger partial charge in [0, 0.05) is 0 Å². The van der Waals surface area contributed by atoms with E-state index in [-0.39, 0.29) is 18.1 Å². The van der Waals surface area contributed by atoms with Crippen LogP contribution in [0, 0.1) is 12.7 Å². The Morgan fingerprint density at radius 3 is 2.38 bits per heavy atom. The van der Waals surface area contributed by atoms with Crippen LogP contribution in [0.2, 0.25) is 0 Å². The van der Waals surface area contributed by atoms with Gasteiger partial charge in [0.15, 0.2) is 6.54 Å². The fourth-order valence-electron chi connectivity index (χ4n) is 3.71. The first-order valence-electron chi connectivity index (χ1n) is 9.53. The second-order valence-electron chi connectivity index (χ2n) is 7.09. The zero-order valence-corrected chi connectivity index (χ0v) is 16.1. The van der Waals surface area contributed by atoms with Crippen LogP contribution in [-0.4, -0.2) is 49.1 Å². The van der Waals surface area contributed by atoms with E-state index in [9.17, 15) is 14.0 Å². The first-order valence-corrected chi connectivity index (χ1v) is 9.53. The van der Waals surface area contributed by atoms with E-state index >= 15 is 0 Å². The van der Waals surface area contributed by atoms with Gasteiger partial charge in [-0.15, -0.1) is 0 Å². The normalized spacial score (nSPS) is 16.6. The van der Waals surface area contributed by atoms with Crippen LogP contribution in [-0.2, 0) is 9.53 Å². The molecule has 0 atom stereocenters. The maximum absolute atomic E-state index is 13.8. The summed E-state index contributed by atoms with van der Waals surface area (Å²) in [4.78, 5) is 24.9. The molecule has 1 fully saturated rings. The van der Waals surface area contributed by atoms with Crippen molar-refractivity contribution in [2.24, 2.45) is 0 Å². The fourth-order valence-corrected chi connectivity index (χ4v) is 3.71. The Balaban J connectivity index is 2.21. The lowest BCUT2D eigenvalue weighted by Gasteiger charge is -2.36. The number of rotatable bonds is 6. The standard InChI is InChI=1S/C20H29FN2O3/c1-4-23(10-8-6-7-9-11-23)14-18(24)22-19-15(3)12-16(21)13-17(19)20(25)26-5-2/h12-13H,4-11,14H2,1-3H3/p+1. The largest absolute Gasteiger partial charge is 0.462 e. The molecule has 1 aromatic carbocycles. The second kappa shape index (κ2) is 9.12. The van der Waals surface area contributed by atoms with Crippen LogP contribution in [0.5, 0.6) is 0 Å². The number of nitrogens with zero attached hydrogens (tertiary/aromatic N) is 1. The van der Waals surface area contributed by atoms with Gasteiger partial charge in [0.2, 0.25) is 0 Å². The van der Waals surface area contributed by atoms with Gasteiger partial charge in [-0.25, -0.2) is 9.18 Å². The summed E-state index contributed by atoms with van der Waals surface area (Å²) in [6.45, 7) is 8.95. The monoisotopic (exact) mass is 365 g/mol. The highest BCUT2D eigenvalue weighted by atomic mass is 19.1. The molecule has 1 aromatic rings. The van der Waals surface area contributed by atoms with Gasteiger partial charge in [0.1, 0.15) is 5.82 Å². The van der Waals surface area contributed by atoms with Crippen LogP contribution in [0.1, 0.15) is 55.5 Å². The predicted molar refractivity (Wildman–Crippen MR) is 99.6 cm³/mol. The minimum absolute atomic E-state index is 0.0663. The first kappa shape index (κ1) is 20.4. The zero-order chi connectivity index (χ0) is 19.2. The number of quaternary nitrogens is 1. The Labute approximate surface area is 155 Å². The second-order valence-corrected chi connectivity index (χ2v) is 7.09. The molecule has 0 bridgehead atoms. The molecular formula is C20H30FN2O3+. The maximum Gasteiger partial charge on any atom is 0.340 e. The van der Waals surface area contributed by atoms with E-state index in [2.05, 4.69) is 12.2 Å². The summed E-state index contributed by atoms with van der Waals surface area (Å²) in [5.74, 6) is -1.29. The van der Waals surface area contributed by atoms with E-state index < -0.39 is 11.8 Å². The topological polar surface area (TPSA) is 55.4 Å². The van der Waals surface area contributed by atoms with Crippen LogP contribution in [0.15, 0.2) is 12.1 Å². The van der Waals surface area contributed by atoms with Gasteiger partial charge in [-0.1, -0.05) is 0 Å². The van der Waals surface area contributed by atoms with Crippen molar-refractivity contribution in [1.29, 1.82) is 0 Å². The van der Waals surface area contributed by atoms with E-state index in [1.165, 1.54) is 18.9 Å².